The number of rotatable bonds is 3. The van der Waals surface area contributed by atoms with Crippen molar-refractivity contribution in [1.29, 1.82) is 0 Å². The van der Waals surface area contributed by atoms with Gasteiger partial charge in [0.2, 0.25) is 0 Å². The number of nitrogens with two attached hydrogens (primary N) is 1. The monoisotopic (exact) mass is 299 g/mol. The number of halogens is 1. The van der Waals surface area contributed by atoms with Gasteiger partial charge in [0.15, 0.2) is 0 Å². The van der Waals surface area contributed by atoms with Crippen LogP contribution in [0.15, 0.2) is 54.6 Å². The Morgan fingerprint density at radius 1 is 1.10 bits per heavy atom. The lowest BCUT2D eigenvalue weighted by atomic mass is 10.1. The normalized spacial score (nSPS) is 10.6. The molecular weight excluding hydrogens is 286 g/mol. The first-order chi connectivity index (χ1) is 10.2. The predicted octanol–water partition coefficient (Wildman–Crippen LogP) is 3.78. The van der Waals surface area contributed by atoms with E-state index in [4.69, 9.17) is 22.1 Å². The summed E-state index contributed by atoms with van der Waals surface area (Å²) in [5.41, 5.74) is 8.68. The Kier molecular flexibility index (Phi) is 3.54. The number of benzene rings is 2. The SMILES string of the molecule is COc1cccc(-n2nc(-c3ccc(Cl)cc3)cc2N)c1. The molecule has 3 rings (SSSR count). The van der Waals surface area contributed by atoms with Crippen LogP contribution in [-0.2, 0) is 0 Å². The van der Waals surface area contributed by atoms with E-state index in [0.717, 1.165) is 22.7 Å². The maximum Gasteiger partial charge on any atom is 0.127 e. The molecule has 4 nitrogen and oxygen atoms in total. The van der Waals surface area contributed by atoms with Crippen LogP contribution in [0.25, 0.3) is 16.9 Å². The molecule has 0 aliphatic heterocycles. The Bertz CT molecular complexity index is 765. The molecule has 106 valence electrons. The Hall–Kier alpha value is -2.46. The van der Waals surface area contributed by atoms with Crippen LogP contribution in [0.3, 0.4) is 0 Å². The third-order valence-electron chi connectivity index (χ3n) is 3.17. The summed E-state index contributed by atoms with van der Waals surface area (Å²) in [4.78, 5) is 0. The summed E-state index contributed by atoms with van der Waals surface area (Å²) in [5.74, 6) is 1.32. The zero-order chi connectivity index (χ0) is 14.8. The summed E-state index contributed by atoms with van der Waals surface area (Å²) in [6, 6.07) is 16.9. The first kappa shape index (κ1) is 13.5. The largest absolute Gasteiger partial charge is 0.497 e. The van der Waals surface area contributed by atoms with Crippen molar-refractivity contribution >= 4 is 17.4 Å². The van der Waals surface area contributed by atoms with Gasteiger partial charge in [-0.1, -0.05) is 29.8 Å². The first-order valence-corrected chi connectivity index (χ1v) is 6.81. The van der Waals surface area contributed by atoms with Crippen molar-refractivity contribution < 1.29 is 4.74 Å². The molecule has 0 bridgehead atoms. The lowest BCUT2D eigenvalue weighted by Crippen LogP contribution is -2.01. The van der Waals surface area contributed by atoms with Gasteiger partial charge >= 0.3 is 0 Å². The van der Waals surface area contributed by atoms with Crippen molar-refractivity contribution in [1.82, 2.24) is 9.78 Å². The van der Waals surface area contributed by atoms with E-state index in [1.54, 1.807) is 11.8 Å². The van der Waals surface area contributed by atoms with Crippen molar-refractivity contribution in [2.75, 3.05) is 12.8 Å². The molecule has 0 aliphatic rings. The van der Waals surface area contributed by atoms with Crippen molar-refractivity contribution in [3.8, 4) is 22.7 Å². The molecule has 0 radical (unpaired) electrons. The number of hydrogen-bond donors (Lipinski definition) is 1. The first-order valence-electron chi connectivity index (χ1n) is 6.43. The molecule has 5 heteroatoms. The van der Waals surface area contributed by atoms with Crippen LogP contribution in [0.4, 0.5) is 5.82 Å². The fourth-order valence-corrected chi connectivity index (χ4v) is 2.23. The molecule has 0 saturated heterocycles. The van der Waals surface area contributed by atoms with Crippen LogP contribution < -0.4 is 10.5 Å². The second-order valence-corrected chi connectivity index (χ2v) is 5.01. The van der Waals surface area contributed by atoms with Crippen molar-refractivity contribution in [3.05, 3.63) is 59.6 Å². The number of ether oxygens (including phenoxy) is 1. The minimum Gasteiger partial charge on any atom is -0.497 e. The number of nitrogen functional groups attached to an aromatic ring is 1. The van der Waals surface area contributed by atoms with Crippen LogP contribution in [-0.4, -0.2) is 16.9 Å². The van der Waals surface area contributed by atoms with Gasteiger partial charge in [-0.3, -0.25) is 0 Å². The maximum atomic E-state index is 6.07. The van der Waals surface area contributed by atoms with Crippen molar-refractivity contribution in [3.63, 3.8) is 0 Å². The van der Waals surface area contributed by atoms with Crippen LogP contribution in [0.2, 0.25) is 5.02 Å². The fraction of sp³-hybridized carbons (Fsp3) is 0.0625. The highest BCUT2D eigenvalue weighted by molar-refractivity contribution is 6.30. The number of anilines is 1. The minimum atomic E-state index is 0.563. The summed E-state index contributed by atoms with van der Waals surface area (Å²) in [6.07, 6.45) is 0. The fourth-order valence-electron chi connectivity index (χ4n) is 2.11. The van der Waals surface area contributed by atoms with E-state index in [1.165, 1.54) is 0 Å². The molecule has 0 spiro atoms. The molecule has 0 atom stereocenters. The molecule has 2 N–H and O–H groups in total. The Morgan fingerprint density at radius 2 is 1.86 bits per heavy atom. The molecule has 1 aromatic heterocycles. The Morgan fingerprint density at radius 3 is 2.57 bits per heavy atom. The summed E-state index contributed by atoms with van der Waals surface area (Å²) in [6.45, 7) is 0. The zero-order valence-electron chi connectivity index (χ0n) is 11.5. The van der Waals surface area contributed by atoms with E-state index in [9.17, 15) is 0 Å². The number of aromatic nitrogens is 2. The molecule has 2 aromatic carbocycles. The van der Waals surface area contributed by atoms with E-state index < -0.39 is 0 Å². The van der Waals surface area contributed by atoms with E-state index in [0.29, 0.717) is 10.8 Å². The molecule has 1 heterocycles. The molecule has 0 aliphatic carbocycles. The lowest BCUT2D eigenvalue weighted by Gasteiger charge is -2.06. The Labute approximate surface area is 127 Å². The highest BCUT2D eigenvalue weighted by Crippen LogP contribution is 2.25. The van der Waals surface area contributed by atoms with Gasteiger partial charge < -0.3 is 10.5 Å². The average Bonchev–Trinajstić information content (AvgIpc) is 2.90. The number of nitrogens with zero attached hydrogens (tertiary/aromatic N) is 2. The van der Waals surface area contributed by atoms with E-state index in [2.05, 4.69) is 5.10 Å². The molecule has 3 aromatic rings. The van der Waals surface area contributed by atoms with Crippen LogP contribution >= 0.6 is 11.6 Å². The third kappa shape index (κ3) is 2.71. The van der Waals surface area contributed by atoms with E-state index >= 15 is 0 Å². The second-order valence-electron chi connectivity index (χ2n) is 4.57. The molecule has 0 amide bonds. The zero-order valence-corrected chi connectivity index (χ0v) is 12.2. The summed E-state index contributed by atoms with van der Waals surface area (Å²) >= 11 is 5.90. The van der Waals surface area contributed by atoms with Gasteiger partial charge in [0.25, 0.3) is 0 Å². The predicted molar refractivity (Wildman–Crippen MR) is 85.0 cm³/mol. The average molecular weight is 300 g/mol. The summed E-state index contributed by atoms with van der Waals surface area (Å²) < 4.78 is 6.91. The van der Waals surface area contributed by atoms with Gasteiger partial charge in [-0.15, -0.1) is 0 Å². The highest BCUT2D eigenvalue weighted by atomic mass is 35.5. The van der Waals surface area contributed by atoms with Crippen LogP contribution in [0.1, 0.15) is 0 Å². The van der Waals surface area contributed by atoms with Crippen LogP contribution in [0, 0.1) is 0 Å². The lowest BCUT2D eigenvalue weighted by molar-refractivity contribution is 0.414. The van der Waals surface area contributed by atoms with Gasteiger partial charge in [0.05, 0.1) is 18.5 Å². The van der Waals surface area contributed by atoms with Crippen LogP contribution in [0.5, 0.6) is 5.75 Å². The standard InChI is InChI=1S/C16H14ClN3O/c1-21-14-4-2-3-13(9-14)20-16(18)10-15(19-20)11-5-7-12(17)8-6-11/h2-10H,18H2,1H3. The molecule has 0 saturated carbocycles. The van der Waals surface area contributed by atoms with Crippen molar-refractivity contribution in [2.24, 2.45) is 0 Å². The quantitative estimate of drug-likeness (QED) is 0.800. The third-order valence-corrected chi connectivity index (χ3v) is 3.43. The summed E-state index contributed by atoms with van der Waals surface area (Å²) in [5, 5.41) is 5.24. The second kappa shape index (κ2) is 5.50. The summed E-state index contributed by atoms with van der Waals surface area (Å²) in [7, 11) is 1.63. The van der Waals surface area contributed by atoms with E-state index in [-0.39, 0.29) is 0 Å². The molecule has 0 fully saturated rings. The Balaban J connectivity index is 2.03. The number of hydrogen-bond acceptors (Lipinski definition) is 3. The highest BCUT2D eigenvalue weighted by Gasteiger charge is 2.09. The number of methoxy groups -OCH3 is 1. The smallest absolute Gasteiger partial charge is 0.127 e. The molecular formula is C16H14ClN3O. The van der Waals surface area contributed by atoms with Gasteiger partial charge in [0, 0.05) is 22.7 Å². The van der Waals surface area contributed by atoms with Crippen molar-refractivity contribution in [2.45, 2.75) is 0 Å². The molecule has 21 heavy (non-hydrogen) atoms. The van der Waals surface area contributed by atoms with Gasteiger partial charge in [0.1, 0.15) is 11.6 Å². The van der Waals surface area contributed by atoms with Gasteiger partial charge in [-0.2, -0.15) is 5.10 Å². The topological polar surface area (TPSA) is 53.1 Å². The molecule has 0 unspecified atom stereocenters. The maximum absolute atomic E-state index is 6.07. The van der Waals surface area contributed by atoms with Gasteiger partial charge in [-0.25, -0.2) is 4.68 Å². The minimum absolute atomic E-state index is 0.563. The van der Waals surface area contributed by atoms with Gasteiger partial charge in [-0.05, 0) is 24.3 Å². The van der Waals surface area contributed by atoms with E-state index in [1.807, 2.05) is 54.6 Å².